The Morgan fingerprint density at radius 3 is 2.81 bits per heavy atom. The van der Waals surface area contributed by atoms with Crippen molar-refractivity contribution in [1.82, 2.24) is 14.9 Å². The van der Waals surface area contributed by atoms with Crippen LogP contribution in [0.4, 0.5) is 0 Å². The van der Waals surface area contributed by atoms with E-state index in [0.29, 0.717) is 13.1 Å². The van der Waals surface area contributed by atoms with Crippen LogP contribution in [0.1, 0.15) is 11.6 Å². The molecule has 120 valence electrons. The Bertz CT molecular complexity index is 554. The number of sulfonamides is 1. The lowest BCUT2D eigenvalue weighted by Gasteiger charge is -2.36. The summed E-state index contributed by atoms with van der Waals surface area (Å²) in [5.41, 5.74) is 1.08. The van der Waals surface area contributed by atoms with Gasteiger partial charge in [-0.25, -0.2) is 13.1 Å². The fraction of sp³-hybridized carbons (Fsp3) is 0.538. The predicted molar refractivity (Wildman–Crippen MR) is 88.7 cm³/mol. The van der Waals surface area contributed by atoms with Crippen molar-refractivity contribution in [3.05, 3.63) is 34.9 Å². The van der Waals surface area contributed by atoms with Gasteiger partial charge in [0.1, 0.15) is 0 Å². The molecule has 2 N–H and O–H groups in total. The third-order valence-corrected chi connectivity index (χ3v) is 4.45. The third kappa shape index (κ3) is 5.73. The monoisotopic (exact) mass is 353 g/mol. The molecule has 1 fully saturated rings. The van der Waals surface area contributed by atoms with Gasteiger partial charge in [0.25, 0.3) is 0 Å². The summed E-state index contributed by atoms with van der Waals surface area (Å²) in [6, 6.07) is 7.98. The standard InChI is InChI=1S/C13H20ClN3O2S.ClH/c1-20(18,19)16-7-9-17-8-6-15-10-13(17)11-4-2-3-5-12(11)14;/h2-5,13,15-16H,6-10H2,1H3;1H. The van der Waals surface area contributed by atoms with Crippen LogP contribution in [0.15, 0.2) is 24.3 Å². The quantitative estimate of drug-likeness (QED) is 0.836. The average Bonchev–Trinajstić information content (AvgIpc) is 2.39. The van der Waals surface area contributed by atoms with E-state index in [-0.39, 0.29) is 18.4 Å². The van der Waals surface area contributed by atoms with Gasteiger partial charge in [-0.3, -0.25) is 4.90 Å². The number of benzene rings is 1. The smallest absolute Gasteiger partial charge is 0.208 e. The summed E-state index contributed by atoms with van der Waals surface area (Å²) < 4.78 is 24.8. The normalized spacial score (nSPS) is 20.0. The minimum Gasteiger partial charge on any atom is -0.314 e. The lowest BCUT2D eigenvalue weighted by Crippen LogP contribution is -2.48. The van der Waals surface area contributed by atoms with Gasteiger partial charge < -0.3 is 5.32 Å². The molecule has 1 aromatic rings. The summed E-state index contributed by atoms with van der Waals surface area (Å²) in [7, 11) is -3.13. The molecule has 2 rings (SSSR count). The summed E-state index contributed by atoms with van der Waals surface area (Å²) in [4.78, 5) is 2.26. The van der Waals surface area contributed by atoms with Crippen molar-refractivity contribution in [3.8, 4) is 0 Å². The Kier molecular flexibility index (Phi) is 7.39. The number of piperazine rings is 1. The molecule has 1 aliphatic heterocycles. The molecule has 0 aliphatic carbocycles. The first-order valence-corrected chi connectivity index (χ1v) is 8.88. The van der Waals surface area contributed by atoms with Crippen molar-refractivity contribution in [1.29, 1.82) is 0 Å². The Balaban J connectivity index is 0.00000220. The average molecular weight is 354 g/mol. The highest BCUT2D eigenvalue weighted by atomic mass is 35.5. The lowest BCUT2D eigenvalue weighted by atomic mass is 10.0. The molecule has 8 heteroatoms. The zero-order chi connectivity index (χ0) is 14.6. The number of nitrogens with one attached hydrogen (secondary N) is 2. The topological polar surface area (TPSA) is 61.4 Å². The van der Waals surface area contributed by atoms with Crippen LogP contribution in [0.3, 0.4) is 0 Å². The molecule has 0 saturated carbocycles. The Morgan fingerprint density at radius 2 is 2.14 bits per heavy atom. The van der Waals surface area contributed by atoms with E-state index in [2.05, 4.69) is 14.9 Å². The highest BCUT2D eigenvalue weighted by Gasteiger charge is 2.24. The van der Waals surface area contributed by atoms with Gasteiger partial charge in [-0.05, 0) is 11.6 Å². The first kappa shape index (κ1) is 18.7. The fourth-order valence-corrected chi connectivity index (χ4v) is 3.16. The molecule has 1 saturated heterocycles. The van der Waals surface area contributed by atoms with Crippen LogP contribution >= 0.6 is 24.0 Å². The Hall–Kier alpha value is -0.370. The number of halogens is 2. The van der Waals surface area contributed by atoms with Crippen LogP contribution in [-0.4, -0.2) is 52.3 Å². The van der Waals surface area contributed by atoms with Crippen molar-refractivity contribution < 1.29 is 8.42 Å². The van der Waals surface area contributed by atoms with Gasteiger partial charge in [0.2, 0.25) is 10.0 Å². The van der Waals surface area contributed by atoms with Crippen LogP contribution in [-0.2, 0) is 10.0 Å². The summed E-state index contributed by atoms with van der Waals surface area (Å²) in [6.07, 6.45) is 1.18. The number of hydrogen-bond donors (Lipinski definition) is 2. The molecule has 1 unspecified atom stereocenters. The number of nitrogens with zero attached hydrogens (tertiary/aromatic N) is 1. The maximum atomic E-state index is 11.1. The van der Waals surface area contributed by atoms with Crippen molar-refractivity contribution >= 4 is 34.0 Å². The van der Waals surface area contributed by atoms with Crippen LogP contribution in [0.5, 0.6) is 0 Å². The summed E-state index contributed by atoms with van der Waals surface area (Å²) in [5.74, 6) is 0. The van der Waals surface area contributed by atoms with Crippen LogP contribution < -0.4 is 10.0 Å². The molecule has 5 nitrogen and oxygen atoms in total. The molecule has 0 spiro atoms. The molecule has 0 bridgehead atoms. The van der Waals surface area contributed by atoms with E-state index in [9.17, 15) is 8.42 Å². The second-order valence-electron chi connectivity index (χ2n) is 4.94. The highest BCUT2D eigenvalue weighted by Crippen LogP contribution is 2.27. The van der Waals surface area contributed by atoms with Crippen LogP contribution in [0.2, 0.25) is 5.02 Å². The fourth-order valence-electron chi connectivity index (χ4n) is 2.44. The molecule has 1 atom stereocenters. The van der Waals surface area contributed by atoms with E-state index in [4.69, 9.17) is 11.6 Å². The second-order valence-corrected chi connectivity index (χ2v) is 7.18. The van der Waals surface area contributed by atoms with Crippen molar-refractivity contribution in [2.24, 2.45) is 0 Å². The Morgan fingerprint density at radius 1 is 1.43 bits per heavy atom. The Labute approximate surface area is 137 Å². The molecule has 0 radical (unpaired) electrons. The van der Waals surface area contributed by atoms with Crippen LogP contribution in [0.25, 0.3) is 0 Å². The molecule has 0 amide bonds. The van der Waals surface area contributed by atoms with Crippen molar-refractivity contribution in [2.45, 2.75) is 6.04 Å². The first-order chi connectivity index (χ1) is 9.47. The van der Waals surface area contributed by atoms with Gasteiger partial charge in [0.15, 0.2) is 0 Å². The molecular formula is C13H21Cl2N3O2S. The molecule has 21 heavy (non-hydrogen) atoms. The van der Waals surface area contributed by atoms with E-state index < -0.39 is 10.0 Å². The maximum absolute atomic E-state index is 11.1. The molecule has 1 heterocycles. The zero-order valence-corrected chi connectivity index (χ0v) is 14.3. The predicted octanol–water partition coefficient (Wildman–Crippen LogP) is 1.26. The van der Waals surface area contributed by atoms with E-state index in [1.165, 1.54) is 6.26 Å². The van der Waals surface area contributed by atoms with Crippen LogP contribution in [0, 0.1) is 0 Å². The van der Waals surface area contributed by atoms with Gasteiger partial charge >= 0.3 is 0 Å². The maximum Gasteiger partial charge on any atom is 0.208 e. The SMILES string of the molecule is CS(=O)(=O)NCCN1CCNCC1c1ccccc1Cl.Cl. The minimum atomic E-state index is -3.13. The minimum absolute atomic E-state index is 0. The molecule has 0 aromatic heterocycles. The molecule has 1 aromatic carbocycles. The summed E-state index contributed by atoms with van der Waals surface area (Å²) >= 11 is 6.26. The second kappa shape index (κ2) is 8.31. The largest absolute Gasteiger partial charge is 0.314 e. The molecule has 1 aliphatic rings. The van der Waals surface area contributed by atoms with E-state index in [1.54, 1.807) is 0 Å². The van der Waals surface area contributed by atoms with Crippen molar-refractivity contribution in [3.63, 3.8) is 0 Å². The number of hydrogen-bond acceptors (Lipinski definition) is 4. The molecular weight excluding hydrogens is 333 g/mol. The number of rotatable bonds is 5. The van der Waals surface area contributed by atoms with E-state index in [1.807, 2.05) is 24.3 Å². The lowest BCUT2D eigenvalue weighted by molar-refractivity contribution is 0.165. The van der Waals surface area contributed by atoms with E-state index >= 15 is 0 Å². The summed E-state index contributed by atoms with van der Waals surface area (Å²) in [6.45, 7) is 3.69. The van der Waals surface area contributed by atoms with Gasteiger partial charge in [0.05, 0.1) is 6.26 Å². The third-order valence-electron chi connectivity index (χ3n) is 3.38. The van der Waals surface area contributed by atoms with Gasteiger partial charge in [-0.1, -0.05) is 29.8 Å². The highest BCUT2D eigenvalue weighted by molar-refractivity contribution is 7.88. The zero-order valence-electron chi connectivity index (χ0n) is 11.9. The van der Waals surface area contributed by atoms with Gasteiger partial charge in [0, 0.05) is 43.8 Å². The van der Waals surface area contributed by atoms with E-state index in [0.717, 1.165) is 30.2 Å². The van der Waals surface area contributed by atoms with Gasteiger partial charge in [-0.15, -0.1) is 12.4 Å². The first-order valence-electron chi connectivity index (χ1n) is 6.61. The van der Waals surface area contributed by atoms with Gasteiger partial charge in [-0.2, -0.15) is 0 Å². The van der Waals surface area contributed by atoms with Crippen molar-refractivity contribution in [2.75, 3.05) is 39.0 Å². The summed E-state index contributed by atoms with van der Waals surface area (Å²) in [5, 5.41) is 4.11.